The average Bonchev–Trinajstić information content (AvgIpc) is 2.04. The molecular weight excluding hydrogens is 144 g/mol. The fourth-order valence-corrected chi connectivity index (χ4v) is 1.32. The molecule has 0 bridgehead atoms. The van der Waals surface area contributed by atoms with E-state index in [1.54, 1.807) is 6.92 Å². The monoisotopic (exact) mass is 158 g/mol. The molecule has 0 aliphatic carbocycles. The van der Waals surface area contributed by atoms with Crippen molar-refractivity contribution in [3.63, 3.8) is 0 Å². The molecule has 0 radical (unpaired) electrons. The molecule has 3 nitrogen and oxygen atoms in total. The van der Waals surface area contributed by atoms with Crippen LogP contribution in [0.4, 0.5) is 0 Å². The summed E-state index contributed by atoms with van der Waals surface area (Å²) in [6, 6.07) is 0. The van der Waals surface area contributed by atoms with Crippen LogP contribution in [0.2, 0.25) is 0 Å². The van der Waals surface area contributed by atoms with Gasteiger partial charge in [-0.3, -0.25) is 4.79 Å². The number of hydrogen-bond acceptors (Lipinski definition) is 3. The fourth-order valence-electron chi connectivity index (χ4n) is 1.32. The van der Waals surface area contributed by atoms with Crippen LogP contribution in [-0.4, -0.2) is 29.7 Å². The average molecular weight is 158 g/mol. The largest absolute Gasteiger partial charge is 0.382 e. The Morgan fingerprint density at radius 2 is 2.09 bits per heavy atom. The van der Waals surface area contributed by atoms with Crippen LogP contribution >= 0.6 is 0 Å². The third kappa shape index (κ3) is 1.79. The number of carbonyl (C=O) groups excluding carboxylic acids is 1. The first-order chi connectivity index (χ1) is 5.19. The van der Waals surface area contributed by atoms with E-state index < -0.39 is 5.60 Å². The van der Waals surface area contributed by atoms with E-state index in [0.29, 0.717) is 32.5 Å². The van der Waals surface area contributed by atoms with Crippen LogP contribution < -0.4 is 0 Å². The van der Waals surface area contributed by atoms with Crippen molar-refractivity contribution in [3.8, 4) is 0 Å². The van der Waals surface area contributed by atoms with Crippen molar-refractivity contribution in [2.45, 2.75) is 31.8 Å². The van der Waals surface area contributed by atoms with E-state index in [1.165, 1.54) is 0 Å². The Bertz CT molecular complexity index is 147. The van der Waals surface area contributed by atoms with Gasteiger partial charge in [-0.25, -0.2) is 0 Å². The summed E-state index contributed by atoms with van der Waals surface area (Å²) >= 11 is 0. The summed E-state index contributed by atoms with van der Waals surface area (Å²) in [6.45, 7) is 2.78. The first-order valence-electron chi connectivity index (χ1n) is 4.02. The third-order valence-electron chi connectivity index (χ3n) is 2.16. The first-order valence-corrected chi connectivity index (χ1v) is 4.02. The van der Waals surface area contributed by atoms with Gasteiger partial charge in [0.25, 0.3) is 0 Å². The zero-order valence-corrected chi connectivity index (χ0v) is 6.80. The second-order valence-electron chi connectivity index (χ2n) is 2.92. The molecule has 1 N–H and O–H groups in total. The third-order valence-corrected chi connectivity index (χ3v) is 2.16. The maximum absolute atomic E-state index is 11.2. The van der Waals surface area contributed by atoms with Crippen molar-refractivity contribution >= 4 is 5.78 Å². The Kier molecular flexibility index (Phi) is 2.62. The number of hydrogen-bond donors (Lipinski definition) is 1. The topological polar surface area (TPSA) is 46.5 Å². The molecule has 0 saturated carbocycles. The van der Waals surface area contributed by atoms with Crippen molar-refractivity contribution in [2.24, 2.45) is 0 Å². The molecular formula is C8H14O3. The SMILES string of the molecule is CCC(=O)C1(O)CCOCC1. The lowest BCUT2D eigenvalue weighted by atomic mass is 9.88. The first kappa shape index (κ1) is 8.68. The quantitative estimate of drug-likeness (QED) is 0.636. The van der Waals surface area contributed by atoms with Crippen molar-refractivity contribution in [3.05, 3.63) is 0 Å². The molecule has 1 aliphatic rings. The van der Waals surface area contributed by atoms with Gasteiger partial charge in [-0.05, 0) is 0 Å². The van der Waals surface area contributed by atoms with Gasteiger partial charge in [-0.1, -0.05) is 6.92 Å². The molecule has 0 amide bonds. The van der Waals surface area contributed by atoms with Crippen LogP contribution in [0.1, 0.15) is 26.2 Å². The van der Waals surface area contributed by atoms with Crippen LogP contribution in [-0.2, 0) is 9.53 Å². The van der Waals surface area contributed by atoms with Crippen LogP contribution in [0, 0.1) is 0 Å². The molecule has 1 heterocycles. The van der Waals surface area contributed by atoms with E-state index in [4.69, 9.17) is 4.74 Å². The Morgan fingerprint density at radius 1 is 1.55 bits per heavy atom. The van der Waals surface area contributed by atoms with E-state index in [-0.39, 0.29) is 5.78 Å². The predicted octanol–water partition coefficient (Wildman–Crippen LogP) is 0.507. The van der Waals surface area contributed by atoms with Gasteiger partial charge >= 0.3 is 0 Å². The summed E-state index contributed by atoms with van der Waals surface area (Å²) < 4.78 is 5.05. The number of carbonyl (C=O) groups is 1. The molecule has 0 unspecified atom stereocenters. The van der Waals surface area contributed by atoms with Crippen molar-refractivity contribution in [1.82, 2.24) is 0 Å². The van der Waals surface area contributed by atoms with E-state index in [2.05, 4.69) is 0 Å². The van der Waals surface area contributed by atoms with E-state index in [0.717, 1.165) is 0 Å². The number of rotatable bonds is 2. The Balaban J connectivity index is 2.56. The molecule has 0 atom stereocenters. The molecule has 1 fully saturated rings. The minimum atomic E-state index is -1.08. The van der Waals surface area contributed by atoms with Gasteiger partial charge in [0.15, 0.2) is 5.78 Å². The van der Waals surface area contributed by atoms with Crippen molar-refractivity contribution in [2.75, 3.05) is 13.2 Å². The molecule has 0 spiro atoms. The highest BCUT2D eigenvalue weighted by Gasteiger charge is 2.35. The minimum absolute atomic E-state index is 0.0548. The molecule has 0 aromatic heterocycles. The van der Waals surface area contributed by atoms with Gasteiger partial charge in [0.2, 0.25) is 0 Å². The normalized spacial score (nSPS) is 23.1. The Hall–Kier alpha value is -0.410. The van der Waals surface area contributed by atoms with Gasteiger partial charge in [0.05, 0.1) is 0 Å². The number of Topliss-reactive ketones (excluding diaryl/α,β-unsaturated/α-hetero) is 1. The van der Waals surface area contributed by atoms with Crippen molar-refractivity contribution in [1.29, 1.82) is 0 Å². The van der Waals surface area contributed by atoms with E-state index in [9.17, 15) is 9.90 Å². The van der Waals surface area contributed by atoms with Gasteiger partial charge in [-0.15, -0.1) is 0 Å². The number of ether oxygens (including phenoxy) is 1. The Labute approximate surface area is 66.4 Å². The zero-order chi connectivity index (χ0) is 8.32. The lowest BCUT2D eigenvalue weighted by Crippen LogP contribution is -2.43. The number of ketones is 1. The van der Waals surface area contributed by atoms with Gasteiger partial charge in [-0.2, -0.15) is 0 Å². The lowest BCUT2D eigenvalue weighted by molar-refractivity contribution is -0.146. The van der Waals surface area contributed by atoms with Crippen LogP contribution in [0.25, 0.3) is 0 Å². The van der Waals surface area contributed by atoms with Crippen LogP contribution in [0.5, 0.6) is 0 Å². The zero-order valence-electron chi connectivity index (χ0n) is 6.80. The maximum Gasteiger partial charge on any atom is 0.164 e. The molecule has 64 valence electrons. The summed E-state index contributed by atoms with van der Waals surface area (Å²) in [4.78, 5) is 11.2. The summed E-state index contributed by atoms with van der Waals surface area (Å²) in [5, 5.41) is 9.71. The molecule has 0 aromatic carbocycles. The highest BCUT2D eigenvalue weighted by Crippen LogP contribution is 2.22. The van der Waals surface area contributed by atoms with E-state index >= 15 is 0 Å². The summed E-state index contributed by atoms with van der Waals surface area (Å²) in [5.74, 6) is -0.0548. The van der Waals surface area contributed by atoms with E-state index in [1.807, 2.05) is 0 Å². The van der Waals surface area contributed by atoms with Crippen LogP contribution in [0.3, 0.4) is 0 Å². The highest BCUT2D eigenvalue weighted by molar-refractivity contribution is 5.86. The summed E-state index contributed by atoms with van der Waals surface area (Å²) in [5.41, 5.74) is -1.08. The molecule has 3 heteroatoms. The fraction of sp³-hybridized carbons (Fsp3) is 0.875. The molecule has 1 saturated heterocycles. The Morgan fingerprint density at radius 3 is 2.55 bits per heavy atom. The second kappa shape index (κ2) is 3.32. The number of aliphatic hydroxyl groups is 1. The maximum atomic E-state index is 11.2. The molecule has 1 aliphatic heterocycles. The second-order valence-corrected chi connectivity index (χ2v) is 2.92. The standard InChI is InChI=1S/C8H14O3/c1-2-7(9)8(10)3-5-11-6-4-8/h10H,2-6H2,1H3. The van der Waals surface area contributed by atoms with Crippen molar-refractivity contribution < 1.29 is 14.6 Å². The smallest absolute Gasteiger partial charge is 0.164 e. The highest BCUT2D eigenvalue weighted by atomic mass is 16.5. The molecule has 11 heavy (non-hydrogen) atoms. The summed E-state index contributed by atoms with van der Waals surface area (Å²) in [7, 11) is 0. The minimum Gasteiger partial charge on any atom is -0.382 e. The molecule has 0 aromatic rings. The molecule has 1 rings (SSSR count). The van der Waals surface area contributed by atoms with Gasteiger partial charge < -0.3 is 9.84 Å². The summed E-state index contributed by atoms with van der Waals surface area (Å²) in [6.07, 6.45) is 1.33. The lowest BCUT2D eigenvalue weighted by Gasteiger charge is -2.30. The van der Waals surface area contributed by atoms with Crippen LogP contribution in [0.15, 0.2) is 0 Å². The predicted molar refractivity (Wildman–Crippen MR) is 40.3 cm³/mol. The van der Waals surface area contributed by atoms with Gasteiger partial charge in [0, 0.05) is 32.5 Å². The van der Waals surface area contributed by atoms with Gasteiger partial charge in [0.1, 0.15) is 5.60 Å².